The van der Waals surface area contributed by atoms with Gasteiger partial charge in [-0.3, -0.25) is 19.3 Å². The number of benzene rings is 2. The molecule has 10 heteroatoms. The van der Waals surface area contributed by atoms with Crippen LogP contribution in [-0.2, 0) is 9.59 Å². The first-order chi connectivity index (χ1) is 15.3. The number of hydrogen-bond acceptors (Lipinski definition) is 5. The van der Waals surface area contributed by atoms with Gasteiger partial charge in [0.2, 0.25) is 5.91 Å². The highest BCUT2D eigenvalue weighted by atomic mass is 35.5. The summed E-state index contributed by atoms with van der Waals surface area (Å²) in [5.41, 5.74) is 1.07. The standard InChI is InChI=1S/C22H13Cl3N2O4S/c23-12-3-1-4-13(9-12)26-19(28)11-27-21(29)18(32-22(27)30)10-14-7-8-17(31-14)15-5-2-6-16(24)20(15)25/h1-10H,11H2,(H,26,28)/b18-10+. The van der Waals surface area contributed by atoms with Gasteiger partial charge in [0, 0.05) is 22.3 Å². The van der Waals surface area contributed by atoms with Crippen LogP contribution < -0.4 is 5.32 Å². The van der Waals surface area contributed by atoms with Crippen molar-refractivity contribution in [3.63, 3.8) is 0 Å². The zero-order valence-corrected chi connectivity index (χ0v) is 19.2. The van der Waals surface area contributed by atoms with Crippen molar-refractivity contribution < 1.29 is 18.8 Å². The summed E-state index contributed by atoms with van der Waals surface area (Å²) in [7, 11) is 0. The number of imide groups is 1. The monoisotopic (exact) mass is 506 g/mol. The number of halogens is 3. The number of rotatable bonds is 5. The molecule has 0 spiro atoms. The summed E-state index contributed by atoms with van der Waals surface area (Å²) in [5.74, 6) is -0.291. The second kappa shape index (κ2) is 9.42. The smallest absolute Gasteiger partial charge is 0.294 e. The highest BCUT2D eigenvalue weighted by Gasteiger charge is 2.36. The second-order valence-corrected chi connectivity index (χ2v) is 8.84. The van der Waals surface area contributed by atoms with Crippen LogP contribution in [0.4, 0.5) is 10.5 Å². The quantitative estimate of drug-likeness (QED) is 0.395. The van der Waals surface area contributed by atoms with Gasteiger partial charge in [0.25, 0.3) is 11.1 Å². The summed E-state index contributed by atoms with van der Waals surface area (Å²) in [4.78, 5) is 38.3. The fraction of sp³-hybridized carbons (Fsp3) is 0.0455. The minimum atomic E-state index is -0.583. The van der Waals surface area contributed by atoms with Crippen LogP contribution in [0, 0.1) is 0 Å². The van der Waals surface area contributed by atoms with E-state index in [1.807, 2.05) is 0 Å². The molecule has 0 aliphatic carbocycles. The van der Waals surface area contributed by atoms with Crippen molar-refractivity contribution in [2.24, 2.45) is 0 Å². The van der Waals surface area contributed by atoms with E-state index in [0.29, 0.717) is 37.8 Å². The lowest BCUT2D eigenvalue weighted by Crippen LogP contribution is -2.36. The molecule has 1 aliphatic heterocycles. The van der Waals surface area contributed by atoms with Gasteiger partial charge in [0.1, 0.15) is 18.1 Å². The van der Waals surface area contributed by atoms with E-state index in [1.165, 1.54) is 6.08 Å². The van der Waals surface area contributed by atoms with Gasteiger partial charge in [-0.2, -0.15) is 0 Å². The third kappa shape index (κ3) is 4.86. The summed E-state index contributed by atoms with van der Waals surface area (Å²) >= 11 is 18.9. The summed E-state index contributed by atoms with van der Waals surface area (Å²) in [6, 6.07) is 15.0. The zero-order chi connectivity index (χ0) is 22.8. The Balaban J connectivity index is 1.47. The molecule has 0 bridgehead atoms. The first-order valence-corrected chi connectivity index (χ1v) is 11.1. The van der Waals surface area contributed by atoms with Gasteiger partial charge >= 0.3 is 0 Å². The van der Waals surface area contributed by atoms with Crippen LogP contribution in [-0.4, -0.2) is 28.5 Å². The predicted octanol–water partition coefficient (Wildman–Crippen LogP) is 6.58. The maximum absolute atomic E-state index is 12.7. The average Bonchev–Trinajstić information content (AvgIpc) is 3.30. The second-order valence-electron chi connectivity index (χ2n) is 6.63. The van der Waals surface area contributed by atoms with Crippen LogP contribution in [0.5, 0.6) is 0 Å². The van der Waals surface area contributed by atoms with Crippen LogP contribution in [0.1, 0.15) is 5.76 Å². The van der Waals surface area contributed by atoms with Crippen LogP contribution in [0.3, 0.4) is 0 Å². The molecule has 1 fully saturated rings. The minimum absolute atomic E-state index is 0.142. The van der Waals surface area contributed by atoms with E-state index in [1.54, 1.807) is 54.6 Å². The Kier molecular flexibility index (Phi) is 6.62. The van der Waals surface area contributed by atoms with E-state index in [0.717, 1.165) is 16.7 Å². The van der Waals surface area contributed by atoms with Crippen molar-refractivity contribution in [2.75, 3.05) is 11.9 Å². The van der Waals surface area contributed by atoms with Gasteiger partial charge in [-0.05, 0) is 54.2 Å². The van der Waals surface area contributed by atoms with Crippen molar-refractivity contribution >= 4 is 75.4 Å². The molecule has 2 aromatic carbocycles. The molecule has 32 heavy (non-hydrogen) atoms. The van der Waals surface area contributed by atoms with Crippen molar-refractivity contribution in [1.29, 1.82) is 0 Å². The van der Waals surface area contributed by atoms with Gasteiger partial charge in [-0.15, -0.1) is 0 Å². The Morgan fingerprint density at radius 3 is 2.62 bits per heavy atom. The lowest BCUT2D eigenvalue weighted by Gasteiger charge is -2.12. The van der Waals surface area contributed by atoms with Gasteiger partial charge < -0.3 is 9.73 Å². The third-order valence-electron chi connectivity index (χ3n) is 4.40. The lowest BCUT2D eigenvalue weighted by molar-refractivity contribution is -0.127. The average molecular weight is 508 g/mol. The van der Waals surface area contributed by atoms with Crippen LogP contribution in [0.15, 0.2) is 63.9 Å². The molecule has 162 valence electrons. The maximum atomic E-state index is 12.7. The molecule has 0 saturated carbocycles. The normalized spacial score (nSPS) is 15.0. The molecule has 1 N–H and O–H groups in total. The Morgan fingerprint density at radius 2 is 1.84 bits per heavy atom. The van der Waals surface area contributed by atoms with Crippen molar-refractivity contribution in [1.82, 2.24) is 4.90 Å². The molecule has 3 amide bonds. The Hall–Kier alpha value is -2.71. The van der Waals surface area contributed by atoms with E-state index in [4.69, 9.17) is 39.2 Å². The Morgan fingerprint density at radius 1 is 1.06 bits per heavy atom. The number of nitrogens with zero attached hydrogens (tertiary/aromatic N) is 1. The van der Waals surface area contributed by atoms with Gasteiger partial charge in [0.05, 0.1) is 15.0 Å². The molecule has 0 radical (unpaired) electrons. The van der Waals surface area contributed by atoms with E-state index in [9.17, 15) is 14.4 Å². The third-order valence-corrected chi connectivity index (χ3v) is 6.36. The molecule has 1 aliphatic rings. The van der Waals surface area contributed by atoms with Crippen molar-refractivity contribution in [3.05, 3.63) is 80.3 Å². The molecule has 4 rings (SSSR count). The molecule has 0 unspecified atom stereocenters. The topological polar surface area (TPSA) is 79.6 Å². The highest BCUT2D eigenvalue weighted by molar-refractivity contribution is 8.18. The number of anilines is 1. The zero-order valence-electron chi connectivity index (χ0n) is 16.1. The molecule has 1 aromatic heterocycles. The van der Waals surface area contributed by atoms with Crippen LogP contribution in [0.2, 0.25) is 15.1 Å². The number of furan rings is 1. The van der Waals surface area contributed by atoms with Gasteiger partial charge in [-0.25, -0.2) is 0 Å². The van der Waals surface area contributed by atoms with Crippen LogP contribution >= 0.6 is 46.6 Å². The highest BCUT2D eigenvalue weighted by Crippen LogP contribution is 2.36. The molecule has 1 saturated heterocycles. The summed E-state index contributed by atoms with van der Waals surface area (Å²) < 4.78 is 5.75. The van der Waals surface area contributed by atoms with Crippen LogP contribution in [0.25, 0.3) is 17.4 Å². The molecule has 2 heterocycles. The van der Waals surface area contributed by atoms with E-state index in [-0.39, 0.29) is 4.91 Å². The van der Waals surface area contributed by atoms with E-state index >= 15 is 0 Å². The number of carbonyl (C=O) groups is 3. The van der Waals surface area contributed by atoms with E-state index in [2.05, 4.69) is 5.32 Å². The Labute approximate surface area is 202 Å². The fourth-order valence-electron chi connectivity index (χ4n) is 2.95. The van der Waals surface area contributed by atoms with Gasteiger partial charge in [-0.1, -0.05) is 46.9 Å². The molecule has 6 nitrogen and oxygen atoms in total. The molecular formula is C22H13Cl3N2O4S. The fourth-order valence-corrected chi connectivity index (χ4v) is 4.35. The number of thioether (sulfide) groups is 1. The summed E-state index contributed by atoms with van der Waals surface area (Å²) in [6.07, 6.45) is 1.45. The first-order valence-electron chi connectivity index (χ1n) is 9.17. The van der Waals surface area contributed by atoms with Gasteiger partial charge in [0.15, 0.2) is 0 Å². The Bertz CT molecular complexity index is 1270. The molecule has 0 atom stereocenters. The van der Waals surface area contributed by atoms with Crippen molar-refractivity contribution in [3.8, 4) is 11.3 Å². The number of amides is 3. The molecular weight excluding hydrogens is 495 g/mol. The minimum Gasteiger partial charge on any atom is -0.457 e. The lowest BCUT2D eigenvalue weighted by atomic mass is 10.2. The largest absolute Gasteiger partial charge is 0.457 e. The first kappa shape index (κ1) is 22.5. The number of nitrogens with one attached hydrogen (secondary N) is 1. The predicted molar refractivity (Wildman–Crippen MR) is 127 cm³/mol. The SMILES string of the molecule is O=C(CN1C(=O)S/C(=C/c2ccc(-c3cccc(Cl)c3Cl)o2)C1=O)Nc1cccc(Cl)c1. The van der Waals surface area contributed by atoms with E-state index < -0.39 is 23.6 Å². The molecule has 3 aromatic rings. The maximum Gasteiger partial charge on any atom is 0.294 e. The number of hydrogen-bond donors (Lipinski definition) is 1. The summed E-state index contributed by atoms with van der Waals surface area (Å²) in [5, 5.41) is 3.25. The number of carbonyl (C=O) groups excluding carboxylic acids is 3. The summed E-state index contributed by atoms with van der Waals surface area (Å²) in [6.45, 7) is -0.421. The van der Waals surface area contributed by atoms with Crippen molar-refractivity contribution in [2.45, 2.75) is 0 Å².